The van der Waals surface area contributed by atoms with Crippen molar-refractivity contribution < 1.29 is 19.1 Å². The molecule has 1 atom stereocenters. The van der Waals surface area contributed by atoms with E-state index in [2.05, 4.69) is 5.32 Å². The van der Waals surface area contributed by atoms with Gasteiger partial charge < -0.3 is 15.0 Å². The summed E-state index contributed by atoms with van der Waals surface area (Å²) in [6, 6.07) is 21.3. The molecule has 32 heavy (non-hydrogen) atoms. The lowest BCUT2D eigenvalue weighted by atomic mass is 10.0. The molecule has 0 aliphatic carbocycles. The first-order valence-electron chi connectivity index (χ1n) is 10.4. The Kier molecular flexibility index (Phi) is 6.03. The van der Waals surface area contributed by atoms with Crippen molar-refractivity contribution in [1.82, 2.24) is 4.90 Å². The first-order valence-corrected chi connectivity index (χ1v) is 10.4. The van der Waals surface area contributed by atoms with Gasteiger partial charge in [-0.05, 0) is 48.4 Å². The second kappa shape index (κ2) is 9.06. The molecular weight excluding hydrogens is 404 g/mol. The summed E-state index contributed by atoms with van der Waals surface area (Å²) in [5.74, 6) is 0.301. The number of rotatable bonds is 7. The third-order valence-corrected chi connectivity index (χ3v) is 5.66. The number of ether oxygens (including phenoxy) is 1. The summed E-state index contributed by atoms with van der Waals surface area (Å²) < 4.78 is 5.25. The molecule has 1 aliphatic rings. The van der Waals surface area contributed by atoms with Crippen LogP contribution in [0.15, 0.2) is 72.8 Å². The van der Waals surface area contributed by atoms with Crippen molar-refractivity contribution in [3.63, 3.8) is 0 Å². The van der Waals surface area contributed by atoms with Crippen LogP contribution in [0.1, 0.15) is 51.2 Å². The summed E-state index contributed by atoms with van der Waals surface area (Å²) in [7, 11) is 1.59. The minimum absolute atomic E-state index is 0.0716. The van der Waals surface area contributed by atoms with Crippen molar-refractivity contribution in [2.45, 2.75) is 25.9 Å². The van der Waals surface area contributed by atoms with Gasteiger partial charge in [0.1, 0.15) is 5.75 Å². The highest BCUT2D eigenvalue weighted by molar-refractivity contribution is 6.00. The number of hydrogen-bond acceptors (Lipinski definition) is 4. The smallest absolute Gasteiger partial charge is 0.255 e. The quantitative estimate of drug-likeness (QED) is 0.557. The third kappa shape index (κ3) is 4.39. The van der Waals surface area contributed by atoms with E-state index in [1.54, 1.807) is 36.3 Å². The number of carbonyl (C=O) groups is 3. The zero-order chi connectivity index (χ0) is 22.7. The highest BCUT2D eigenvalue weighted by Gasteiger charge is 2.34. The maximum Gasteiger partial charge on any atom is 0.255 e. The Hall–Kier alpha value is -3.93. The first-order chi connectivity index (χ1) is 15.5. The number of Topliss-reactive ketones (excluding diaryl/α,β-unsaturated/α-hetero) is 1. The minimum Gasteiger partial charge on any atom is -0.497 e. The Morgan fingerprint density at radius 2 is 1.78 bits per heavy atom. The fourth-order valence-corrected chi connectivity index (χ4v) is 3.97. The van der Waals surface area contributed by atoms with Crippen LogP contribution in [0.4, 0.5) is 5.69 Å². The van der Waals surface area contributed by atoms with Gasteiger partial charge in [-0.15, -0.1) is 0 Å². The molecule has 0 bridgehead atoms. The number of amides is 2. The summed E-state index contributed by atoms with van der Waals surface area (Å²) in [6.07, 6.45) is 0.0797. The first kappa shape index (κ1) is 21.3. The number of anilines is 1. The SMILES string of the molecule is COc1ccc([C@H](CC(=O)Nc2cccc(C(C)=O)c2)N2Cc3ccccc3C2=O)cc1. The van der Waals surface area contributed by atoms with Crippen LogP contribution in [0.5, 0.6) is 5.75 Å². The molecule has 1 aliphatic heterocycles. The summed E-state index contributed by atoms with van der Waals surface area (Å²) in [5, 5.41) is 2.87. The summed E-state index contributed by atoms with van der Waals surface area (Å²) >= 11 is 0. The van der Waals surface area contributed by atoms with Crippen LogP contribution in [0.2, 0.25) is 0 Å². The molecule has 0 saturated heterocycles. The molecule has 0 fully saturated rings. The number of carbonyl (C=O) groups excluding carboxylic acids is 3. The van der Waals surface area contributed by atoms with E-state index in [4.69, 9.17) is 4.74 Å². The van der Waals surface area contributed by atoms with E-state index in [0.717, 1.165) is 11.1 Å². The Morgan fingerprint density at radius 3 is 2.47 bits per heavy atom. The normalized spacial score (nSPS) is 13.4. The van der Waals surface area contributed by atoms with Gasteiger partial charge in [0.25, 0.3) is 5.91 Å². The van der Waals surface area contributed by atoms with Gasteiger partial charge in [0.05, 0.1) is 19.6 Å². The average Bonchev–Trinajstić information content (AvgIpc) is 3.14. The van der Waals surface area contributed by atoms with Gasteiger partial charge in [0.15, 0.2) is 5.78 Å². The molecule has 0 radical (unpaired) electrons. The van der Waals surface area contributed by atoms with Crippen LogP contribution in [0.25, 0.3) is 0 Å². The van der Waals surface area contributed by atoms with E-state index in [1.807, 2.05) is 48.5 Å². The summed E-state index contributed by atoms with van der Waals surface area (Å²) in [5.41, 5.74) is 3.54. The molecule has 0 saturated carbocycles. The summed E-state index contributed by atoms with van der Waals surface area (Å²) in [6.45, 7) is 1.93. The van der Waals surface area contributed by atoms with E-state index in [9.17, 15) is 14.4 Å². The Bertz CT molecular complexity index is 1170. The molecule has 0 aromatic heterocycles. The molecule has 2 amide bonds. The van der Waals surface area contributed by atoms with Crippen LogP contribution in [0.3, 0.4) is 0 Å². The van der Waals surface area contributed by atoms with Crippen molar-refractivity contribution in [2.24, 2.45) is 0 Å². The molecule has 3 aromatic rings. The van der Waals surface area contributed by atoms with Gasteiger partial charge in [-0.3, -0.25) is 14.4 Å². The Morgan fingerprint density at radius 1 is 1.03 bits per heavy atom. The van der Waals surface area contributed by atoms with Crippen LogP contribution < -0.4 is 10.1 Å². The molecule has 4 rings (SSSR count). The van der Waals surface area contributed by atoms with Crippen molar-refractivity contribution in [3.8, 4) is 5.75 Å². The van der Waals surface area contributed by atoms with Crippen molar-refractivity contribution >= 4 is 23.3 Å². The van der Waals surface area contributed by atoms with Gasteiger partial charge in [0, 0.05) is 23.4 Å². The Labute approximate surface area is 186 Å². The molecule has 162 valence electrons. The number of fused-ring (bicyclic) bond motifs is 1. The minimum atomic E-state index is -0.447. The average molecular weight is 428 g/mol. The van der Waals surface area contributed by atoms with Gasteiger partial charge in [-0.25, -0.2) is 0 Å². The predicted octanol–water partition coefficient (Wildman–Crippen LogP) is 4.62. The van der Waals surface area contributed by atoms with Crippen molar-refractivity contribution in [2.75, 3.05) is 12.4 Å². The van der Waals surface area contributed by atoms with E-state index in [1.165, 1.54) is 6.92 Å². The van der Waals surface area contributed by atoms with E-state index in [-0.39, 0.29) is 24.0 Å². The number of methoxy groups -OCH3 is 1. The highest BCUT2D eigenvalue weighted by Crippen LogP contribution is 2.34. The molecule has 6 heteroatoms. The number of hydrogen-bond donors (Lipinski definition) is 1. The third-order valence-electron chi connectivity index (χ3n) is 5.66. The fourth-order valence-electron chi connectivity index (χ4n) is 3.97. The summed E-state index contributed by atoms with van der Waals surface area (Å²) in [4.78, 5) is 39.5. The molecule has 0 unspecified atom stereocenters. The maximum atomic E-state index is 13.1. The number of ketones is 1. The molecule has 1 heterocycles. The standard InChI is InChI=1S/C26H24N2O4/c1-17(29)19-7-5-8-21(14-19)27-25(30)15-24(18-10-12-22(32-2)13-11-18)28-16-20-6-3-4-9-23(20)26(28)31/h3-14,24H,15-16H2,1-2H3,(H,27,30)/t24-/m0/s1. The van der Waals surface area contributed by atoms with Gasteiger partial charge in [-0.2, -0.15) is 0 Å². The zero-order valence-electron chi connectivity index (χ0n) is 18.0. The molecule has 6 nitrogen and oxygen atoms in total. The Balaban J connectivity index is 1.59. The van der Waals surface area contributed by atoms with Crippen molar-refractivity contribution in [3.05, 3.63) is 95.1 Å². The van der Waals surface area contributed by atoms with Crippen LogP contribution in [-0.4, -0.2) is 29.6 Å². The van der Waals surface area contributed by atoms with Gasteiger partial charge in [0.2, 0.25) is 5.91 Å². The largest absolute Gasteiger partial charge is 0.497 e. The second-order valence-corrected chi connectivity index (χ2v) is 7.77. The lowest BCUT2D eigenvalue weighted by Crippen LogP contribution is -2.32. The number of benzene rings is 3. The van der Waals surface area contributed by atoms with Crippen molar-refractivity contribution in [1.29, 1.82) is 0 Å². The van der Waals surface area contributed by atoms with E-state index < -0.39 is 6.04 Å². The lowest BCUT2D eigenvalue weighted by molar-refractivity contribution is -0.117. The zero-order valence-corrected chi connectivity index (χ0v) is 18.0. The maximum absolute atomic E-state index is 13.1. The molecule has 0 spiro atoms. The topological polar surface area (TPSA) is 75.7 Å². The fraction of sp³-hybridized carbons (Fsp3) is 0.192. The lowest BCUT2D eigenvalue weighted by Gasteiger charge is -2.28. The molecule has 1 N–H and O–H groups in total. The molecule has 3 aromatic carbocycles. The number of nitrogens with one attached hydrogen (secondary N) is 1. The predicted molar refractivity (Wildman–Crippen MR) is 122 cm³/mol. The van der Waals surface area contributed by atoms with E-state index >= 15 is 0 Å². The highest BCUT2D eigenvalue weighted by atomic mass is 16.5. The monoisotopic (exact) mass is 428 g/mol. The molecular formula is C26H24N2O4. The van der Waals surface area contributed by atoms with Crippen LogP contribution in [-0.2, 0) is 11.3 Å². The van der Waals surface area contributed by atoms with E-state index in [0.29, 0.717) is 29.1 Å². The van der Waals surface area contributed by atoms with Crippen LogP contribution >= 0.6 is 0 Å². The van der Waals surface area contributed by atoms with Gasteiger partial charge >= 0.3 is 0 Å². The van der Waals surface area contributed by atoms with Gasteiger partial charge in [-0.1, -0.05) is 42.5 Å². The second-order valence-electron chi connectivity index (χ2n) is 7.77. The van der Waals surface area contributed by atoms with Crippen LogP contribution in [0, 0.1) is 0 Å². The number of nitrogens with zero attached hydrogens (tertiary/aromatic N) is 1.